The van der Waals surface area contributed by atoms with Gasteiger partial charge in [0.2, 0.25) is 0 Å². The van der Waals surface area contributed by atoms with Gasteiger partial charge in [-0.05, 0) is 22.3 Å². The lowest BCUT2D eigenvalue weighted by Gasteiger charge is -2.23. The number of hydrogen-bond donors (Lipinski definition) is 1. The maximum Gasteiger partial charge on any atom is 0.339 e. The van der Waals surface area contributed by atoms with Crippen LogP contribution in [0.1, 0.15) is 43.0 Å². The third-order valence-corrected chi connectivity index (χ3v) is 5.21. The molecule has 27 heavy (non-hydrogen) atoms. The van der Waals surface area contributed by atoms with Gasteiger partial charge in [0, 0.05) is 0 Å². The summed E-state index contributed by atoms with van der Waals surface area (Å²) in [5.74, 6) is -2.12. The van der Waals surface area contributed by atoms with Crippen LogP contribution in [0.25, 0.3) is 0 Å². The molecule has 12 heteroatoms. The second kappa shape index (κ2) is 10.0. The van der Waals surface area contributed by atoms with Crippen LogP contribution < -0.4 is 0 Å². The van der Waals surface area contributed by atoms with Crippen LogP contribution in [0.15, 0.2) is 0 Å². The number of hydrogen-bond acceptors (Lipinski definition) is 6. The summed E-state index contributed by atoms with van der Waals surface area (Å²) in [7, 11) is 4.77. The second-order valence-corrected chi connectivity index (χ2v) is 7.56. The van der Waals surface area contributed by atoms with Gasteiger partial charge in [-0.1, -0.05) is 25.3 Å². The summed E-state index contributed by atoms with van der Waals surface area (Å²) in [6, 6.07) is 0. The minimum Gasteiger partial charge on any atom is -0.465 e. The van der Waals surface area contributed by atoms with Gasteiger partial charge >= 0.3 is 11.9 Å². The van der Waals surface area contributed by atoms with Gasteiger partial charge in [-0.15, -0.1) is 0 Å². The van der Waals surface area contributed by atoms with Crippen molar-refractivity contribution < 1.29 is 32.0 Å². The highest BCUT2D eigenvalue weighted by molar-refractivity contribution is 7.85. The first-order valence-corrected chi connectivity index (χ1v) is 10.7. The largest absolute Gasteiger partial charge is 0.465 e. The van der Waals surface area contributed by atoms with E-state index >= 15 is 0 Å². The summed E-state index contributed by atoms with van der Waals surface area (Å²) in [5, 5.41) is 0. The van der Waals surface area contributed by atoms with Gasteiger partial charge < -0.3 is 9.47 Å². The Kier molecular flexibility index (Phi) is 8.68. The molecule has 0 aliphatic heterocycles. The molecule has 1 aromatic rings. The van der Waals surface area contributed by atoms with Gasteiger partial charge in [0.15, 0.2) is 0 Å². The van der Waals surface area contributed by atoms with Gasteiger partial charge in [-0.25, -0.2) is 9.59 Å². The monoisotopic (exact) mass is 392 g/mol. The topological polar surface area (TPSA) is 107 Å². The lowest BCUT2D eigenvalue weighted by molar-refractivity contribution is 0.0503. The fraction of sp³-hybridized carbons (Fsp3) is 0.467. The van der Waals surface area contributed by atoms with Crippen LogP contribution in [-0.4, -0.2) is 75.8 Å². The molecular weight excluding hydrogens is 367 g/mol. The lowest BCUT2D eigenvalue weighted by atomic mass is 9.72. The molecule has 0 saturated carbocycles. The third kappa shape index (κ3) is 5.42. The van der Waals surface area contributed by atoms with Crippen molar-refractivity contribution in [1.82, 2.24) is 0 Å². The minimum absolute atomic E-state index is 0.130. The quantitative estimate of drug-likeness (QED) is 0.272. The normalized spacial score (nSPS) is 11.2. The number of methoxy groups -OCH3 is 1. The van der Waals surface area contributed by atoms with Crippen molar-refractivity contribution in [3.8, 4) is 0 Å². The zero-order chi connectivity index (χ0) is 20.8. The van der Waals surface area contributed by atoms with Crippen LogP contribution in [0.2, 0.25) is 0 Å². The van der Waals surface area contributed by atoms with Crippen molar-refractivity contribution in [3.05, 3.63) is 33.4 Å². The highest BCUT2D eigenvalue weighted by atomic mass is 32.2. The zero-order valence-corrected chi connectivity index (χ0v) is 17.4. The van der Waals surface area contributed by atoms with E-state index in [1.54, 1.807) is 0 Å². The van der Waals surface area contributed by atoms with Gasteiger partial charge in [0.05, 0.1) is 18.2 Å². The standard InChI is InChI=1S/C15H24B4O7S/c1-25-14(20)12-10(6-18)8(4-16)9(5-17)11(7-19)13(12)15(21)26-2-3-27(22,23)24/h2-7,16-19H2,1H3,(H,22,23,24). The third-order valence-electron chi connectivity index (χ3n) is 4.53. The van der Waals surface area contributed by atoms with Crippen LogP contribution >= 0.6 is 0 Å². The fourth-order valence-electron chi connectivity index (χ4n) is 3.47. The molecular formula is C15H24B4O7S. The average molecular weight is 392 g/mol. The molecule has 1 aromatic carbocycles. The number of ether oxygens (including phenoxy) is 2. The van der Waals surface area contributed by atoms with Crippen molar-refractivity contribution in [2.75, 3.05) is 19.5 Å². The first kappa shape index (κ1) is 23.4. The average Bonchev–Trinajstić information content (AvgIpc) is 2.63. The molecule has 0 spiro atoms. The summed E-state index contributed by atoms with van der Waals surface area (Å²) < 4.78 is 40.5. The molecule has 0 aliphatic carbocycles. The van der Waals surface area contributed by atoms with E-state index in [0.717, 1.165) is 16.7 Å². The van der Waals surface area contributed by atoms with Crippen molar-refractivity contribution >= 4 is 53.4 Å². The zero-order valence-electron chi connectivity index (χ0n) is 16.5. The number of esters is 2. The highest BCUT2D eigenvalue weighted by Gasteiger charge is 2.29. The Morgan fingerprint density at radius 3 is 1.59 bits per heavy atom. The molecule has 0 saturated heterocycles. The van der Waals surface area contributed by atoms with E-state index < -0.39 is 34.4 Å². The Bertz CT molecular complexity index is 824. The van der Waals surface area contributed by atoms with Crippen molar-refractivity contribution in [2.24, 2.45) is 0 Å². The second-order valence-electron chi connectivity index (χ2n) is 5.99. The van der Waals surface area contributed by atoms with Crippen LogP contribution in [0.4, 0.5) is 0 Å². The van der Waals surface area contributed by atoms with Gasteiger partial charge in [0.1, 0.15) is 43.7 Å². The van der Waals surface area contributed by atoms with E-state index in [9.17, 15) is 18.0 Å². The summed E-state index contributed by atoms with van der Waals surface area (Å²) in [5.41, 5.74) is 3.82. The molecule has 0 atom stereocenters. The predicted molar refractivity (Wildman–Crippen MR) is 113 cm³/mol. The molecule has 0 aliphatic rings. The molecule has 0 bridgehead atoms. The van der Waals surface area contributed by atoms with E-state index in [-0.39, 0.29) is 11.1 Å². The lowest BCUT2D eigenvalue weighted by Crippen LogP contribution is -2.24. The van der Waals surface area contributed by atoms with Crippen LogP contribution in [0.5, 0.6) is 0 Å². The molecule has 1 N–H and O–H groups in total. The molecule has 144 valence electrons. The molecule has 0 amide bonds. The van der Waals surface area contributed by atoms with Crippen LogP contribution in [0, 0.1) is 0 Å². The number of benzene rings is 1. The maximum absolute atomic E-state index is 12.8. The van der Waals surface area contributed by atoms with Crippen LogP contribution in [-0.2, 0) is 44.9 Å². The molecule has 7 nitrogen and oxygen atoms in total. The Morgan fingerprint density at radius 1 is 0.852 bits per heavy atom. The Labute approximate surface area is 164 Å². The van der Waals surface area contributed by atoms with E-state index in [2.05, 4.69) is 0 Å². The number of carbonyl (C=O) groups is 2. The van der Waals surface area contributed by atoms with Crippen molar-refractivity contribution in [2.45, 2.75) is 25.3 Å². The summed E-state index contributed by atoms with van der Waals surface area (Å²) >= 11 is 0. The van der Waals surface area contributed by atoms with Crippen LogP contribution in [0.3, 0.4) is 0 Å². The van der Waals surface area contributed by atoms with Crippen molar-refractivity contribution in [1.29, 1.82) is 0 Å². The first-order chi connectivity index (χ1) is 12.7. The van der Waals surface area contributed by atoms with Gasteiger partial charge in [-0.3, -0.25) is 4.55 Å². The minimum atomic E-state index is -4.25. The first-order valence-electron chi connectivity index (χ1n) is 9.06. The summed E-state index contributed by atoms with van der Waals surface area (Å²) in [4.78, 5) is 25.3. The summed E-state index contributed by atoms with van der Waals surface area (Å²) in [6.45, 7) is -0.500. The maximum atomic E-state index is 12.8. The molecule has 1 rings (SSSR count). The summed E-state index contributed by atoms with van der Waals surface area (Å²) in [6.07, 6.45) is 2.44. The Balaban J connectivity index is 3.67. The van der Waals surface area contributed by atoms with E-state index in [0.29, 0.717) is 30.8 Å². The molecule has 0 unspecified atom stereocenters. The molecule has 0 fully saturated rings. The SMILES string of the molecule is BCc1c(CB)c(CB)c(C(=O)OCCS(=O)(=O)O)c(C(=O)OC)c1CB. The molecule has 0 heterocycles. The van der Waals surface area contributed by atoms with Gasteiger partial charge in [-0.2, -0.15) is 8.42 Å². The van der Waals surface area contributed by atoms with Crippen molar-refractivity contribution in [3.63, 3.8) is 0 Å². The highest BCUT2D eigenvalue weighted by Crippen LogP contribution is 2.30. The number of rotatable bonds is 9. The predicted octanol–water partition coefficient (Wildman–Crippen LogP) is -2.95. The van der Waals surface area contributed by atoms with E-state index in [4.69, 9.17) is 14.0 Å². The van der Waals surface area contributed by atoms with Gasteiger partial charge in [0.25, 0.3) is 10.1 Å². The molecule has 0 aromatic heterocycles. The van der Waals surface area contributed by atoms with E-state index in [1.807, 2.05) is 31.4 Å². The smallest absolute Gasteiger partial charge is 0.339 e. The fourth-order valence-corrected chi connectivity index (χ4v) is 3.76. The Morgan fingerprint density at radius 2 is 1.26 bits per heavy atom. The Hall–Kier alpha value is -1.67. The number of carbonyl (C=O) groups excluding carboxylic acids is 2. The van der Waals surface area contributed by atoms with E-state index in [1.165, 1.54) is 7.11 Å². The molecule has 0 radical (unpaired) electrons.